The Kier molecular flexibility index (Phi) is 5.90. The van der Waals surface area contributed by atoms with Gasteiger partial charge in [-0.15, -0.1) is 0 Å². The van der Waals surface area contributed by atoms with Crippen LogP contribution in [0.1, 0.15) is 30.9 Å². The van der Waals surface area contributed by atoms with Crippen molar-refractivity contribution in [2.45, 2.75) is 25.3 Å². The second-order valence-corrected chi connectivity index (χ2v) is 6.34. The standard InChI is InChI=1S/C20H25N3O2/c24-15-19(16-8-3-1-4-9-16)22-20(25)21-17-10-7-11-18(14-17)23-12-5-2-6-13-23/h1,3-4,7-11,14,19,24H,2,5-6,12-13,15H2,(H2,21,22,25)/t19-/m1/s1. The number of anilines is 2. The topological polar surface area (TPSA) is 64.6 Å². The van der Waals surface area contributed by atoms with E-state index in [4.69, 9.17) is 0 Å². The number of amides is 2. The Bertz CT molecular complexity index is 684. The van der Waals surface area contributed by atoms with Crippen molar-refractivity contribution >= 4 is 17.4 Å². The molecule has 1 saturated heterocycles. The highest BCUT2D eigenvalue weighted by molar-refractivity contribution is 5.90. The van der Waals surface area contributed by atoms with Crippen LogP contribution < -0.4 is 15.5 Å². The molecule has 3 rings (SSSR count). The van der Waals surface area contributed by atoms with Crippen LogP contribution in [-0.2, 0) is 0 Å². The summed E-state index contributed by atoms with van der Waals surface area (Å²) < 4.78 is 0. The molecular formula is C20H25N3O2. The van der Waals surface area contributed by atoms with Crippen molar-refractivity contribution in [3.8, 4) is 0 Å². The van der Waals surface area contributed by atoms with E-state index in [1.807, 2.05) is 48.5 Å². The molecule has 25 heavy (non-hydrogen) atoms. The maximum Gasteiger partial charge on any atom is 0.319 e. The first-order valence-electron chi connectivity index (χ1n) is 8.84. The average molecular weight is 339 g/mol. The number of benzene rings is 2. The monoisotopic (exact) mass is 339 g/mol. The SMILES string of the molecule is O=C(Nc1cccc(N2CCCCC2)c1)N[C@H](CO)c1ccccc1. The van der Waals surface area contributed by atoms with Crippen LogP contribution >= 0.6 is 0 Å². The van der Waals surface area contributed by atoms with Crippen LogP contribution in [0.4, 0.5) is 16.2 Å². The quantitative estimate of drug-likeness (QED) is 0.781. The molecule has 5 heteroatoms. The largest absolute Gasteiger partial charge is 0.394 e. The lowest BCUT2D eigenvalue weighted by Crippen LogP contribution is -2.34. The van der Waals surface area contributed by atoms with Gasteiger partial charge in [-0.1, -0.05) is 36.4 Å². The molecule has 0 unspecified atom stereocenters. The highest BCUT2D eigenvalue weighted by Gasteiger charge is 2.14. The Hall–Kier alpha value is -2.53. The first-order chi connectivity index (χ1) is 12.3. The van der Waals surface area contributed by atoms with Crippen LogP contribution in [0.25, 0.3) is 0 Å². The summed E-state index contributed by atoms with van der Waals surface area (Å²) in [7, 11) is 0. The summed E-state index contributed by atoms with van der Waals surface area (Å²) in [6, 6.07) is 16.6. The molecule has 1 fully saturated rings. The van der Waals surface area contributed by atoms with Gasteiger partial charge in [-0.2, -0.15) is 0 Å². The van der Waals surface area contributed by atoms with E-state index >= 15 is 0 Å². The third-order valence-electron chi connectivity index (χ3n) is 4.52. The molecule has 5 nitrogen and oxygen atoms in total. The molecule has 0 saturated carbocycles. The van der Waals surface area contributed by atoms with Gasteiger partial charge in [0.25, 0.3) is 0 Å². The fourth-order valence-corrected chi connectivity index (χ4v) is 3.18. The van der Waals surface area contributed by atoms with Crippen molar-refractivity contribution in [1.29, 1.82) is 0 Å². The molecule has 1 aliphatic rings. The molecule has 0 bridgehead atoms. The number of nitrogens with zero attached hydrogens (tertiary/aromatic N) is 1. The summed E-state index contributed by atoms with van der Waals surface area (Å²) in [5, 5.41) is 15.2. The maximum atomic E-state index is 12.3. The molecular weight excluding hydrogens is 314 g/mol. The van der Waals surface area contributed by atoms with Gasteiger partial charge in [0.05, 0.1) is 12.6 Å². The molecule has 0 aliphatic carbocycles. The van der Waals surface area contributed by atoms with Gasteiger partial charge >= 0.3 is 6.03 Å². The van der Waals surface area contributed by atoms with Gasteiger partial charge in [0.1, 0.15) is 0 Å². The first-order valence-corrected chi connectivity index (χ1v) is 8.84. The van der Waals surface area contributed by atoms with Crippen LogP contribution in [0.3, 0.4) is 0 Å². The molecule has 0 radical (unpaired) electrons. The maximum absolute atomic E-state index is 12.3. The van der Waals surface area contributed by atoms with Gasteiger partial charge in [-0.25, -0.2) is 4.79 Å². The zero-order chi connectivity index (χ0) is 17.5. The van der Waals surface area contributed by atoms with Crippen molar-refractivity contribution in [2.24, 2.45) is 0 Å². The van der Waals surface area contributed by atoms with Crippen molar-refractivity contribution in [3.05, 3.63) is 60.2 Å². The Balaban J connectivity index is 1.62. The number of piperidine rings is 1. The van der Waals surface area contributed by atoms with Gasteiger partial charge in [0.15, 0.2) is 0 Å². The normalized spacial score (nSPS) is 15.5. The summed E-state index contributed by atoms with van der Waals surface area (Å²) in [4.78, 5) is 14.6. The van der Waals surface area contributed by atoms with E-state index in [2.05, 4.69) is 21.6 Å². The van der Waals surface area contributed by atoms with Gasteiger partial charge in [-0.05, 0) is 43.0 Å². The number of carbonyl (C=O) groups is 1. The molecule has 1 aliphatic heterocycles. The number of nitrogens with one attached hydrogen (secondary N) is 2. The molecule has 0 aromatic heterocycles. The predicted molar refractivity (Wildman–Crippen MR) is 101 cm³/mol. The molecule has 3 N–H and O–H groups in total. The Morgan fingerprint density at radius 1 is 1.04 bits per heavy atom. The summed E-state index contributed by atoms with van der Waals surface area (Å²) in [6.07, 6.45) is 3.72. The number of hydrogen-bond acceptors (Lipinski definition) is 3. The molecule has 2 aromatic carbocycles. The number of urea groups is 1. The number of aliphatic hydroxyl groups excluding tert-OH is 1. The summed E-state index contributed by atoms with van der Waals surface area (Å²) in [5.41, 5.74) is 2.77. The number of carbonyl (C=O) groups excluding carboxylic acids is 1. The van der Waals surface area contributed by atoms with Gasteiger partial charge in [-0.3, -0.25) is 0 Å². The summed E-state index contributed by atoms with van der Waals surface area (Å²) >= 11 is 0. The van der Waals surface area contributed by atoms with Gasteiger partial charge < -0.3 is 20.6 Å². The Morgan fingerprint density at radius 2 is 1.80 bits per heavy atom. The number of hydrogen-bond donors (Lipinski definition) is 3. The average Bonchev–Trinajstić information content (AvgIpc) is 2.68. The number of rotatable bonds is 5. The fourth-order valence-electron chi connectivity index (χ4n) is 3.18. The minimum absolute atomic E-state index is 0.148. The van der Waals surface area contributed by atoms with E-state index in [1.165, 1.54) is 19.3 Å². The third-order valence-corrected chi connectivity index (χ3v) is 4.52. The zero-order valence-corrected chi connectivity index (χ0v) is 14.3. The molecule has 0 spiro atoms. The highest BCUT2D eigenvalue weighted by Crippen LogP contribution is 2.23. The van der Waals surface area contributed by atoms with Crippen LogP contribution in [0.15, 0.2) is 54.6 Å². The van der Waals surface area contributed by atoms with E-state index in [0.29, 0.717) is 0 Å². The van der Waals surface area contributed by atoms with Crippen molar-refractivity contribution in [1.82, 2.24) is 5.32 Å². The van der Waals surface area contributed by atoms with Crippen molar-refractivity contribution in [3.63, 3.8) is 0 Å². The van der Waals surface area contributed by atoms with Crippen molar-refractivity contribution in [2.75, 3.05) is 29.9 Å². The van der Waals surface area contributed by atoms with Crippen LogP contribution in [0.5, 0.6) is 0 Å². The summed E-state index contributed by atoms with van der Waals surface area (Å²) in [6.45, 7) is 1.98. The van der Waals surface area contributed by atoms with Crippen LogP contribution in [0.2, 0.25) is 0 Å². The summed E-state index contributed by atoms with van der Waals surface area (Å²) in [5.74, 6) is 0. The lowest BCUT2D eigenvalue weighted by atomic mass is 10.1. The molecule has 1 heterocycles. The van der Waals surface area contributed by atoms with E-state index in [-0.39, 0.29) is 12.6 Å². The van der Waals surface area contributed by atoms with E-state index in [0.717, 1.165) is 30.0 Å². The molecule has 2 amide bonds. The second-order valence-electron chi connectivity index (χ2n) is 6.34. The fraction of sp³-hybridized carbons (Fsp3) is 0.350. The molecule has 2 aromatic rings. The minimum Gasteiger partial charge on any atom is -0.394 e. The highest BCUT2D eigenvalue weighted by atomic mass is 16.3. The minimum atomic E-state index is -0.425. The Labute approximate surface area is 148 Å². The zero-order valence-electron chi connectivity index (χ0n) is 14.3. The van der Waals surface area contributed by atoms with E-state index in [1.54, 1.807) is 0 Å². The van der Waals surface area contributed by atoms with Crippen LogP contribution in [-0.4, -0.2) is 30.8 Å². The Morgan fingerprint density at radius 3 is 2.52 bits per heavy atom. The van der Waals surface area contributed by atoms with Crippen LogP contribution in [0, 0.1) is 0 Å². The smallest absolute Gasteiger partial charge is 0.319 e. The molecule has 132 valence electrons. The predicted octanol–water partition coefficient (Wildman–Crippen LogP) is 3.53. The first kappa shape index (κ1) is 17.3. The lowest BCUT2D eigenvalue weighted by molar-refractivity contribution is 0.225. The van der Waals surface area contributed by atoms with E-state index < -0.39 is 6.04 Å². The van der Waals surface area contributed by atoms with Gasteiger partial charge in [0.2, 0.25) is 0 Å². The lowest BCUT2D eigenvalue weighted by Gasteiger charge is -2.29. The number of aliphatic hydroxyl groups is 1. The third kappa shape index (κ3) is 4.73. The van der Waals surface area contributed by atoms with Crippen molar-refractivity contribution < 1.29 is 9.90 Å². The molecule has 1 atom stereocenters. The van der Waals surface area contributed by atoms with E-state index in [9.17, 15) is 9.90 Å². The second kappa shape index (κ2) is 8.53. The van der Waals surface area contributed by atoms with Gasteiger partial charge in [0, 0.05) is 24.5 Å².